The van der Waals surface area contributed by atoms with E-state index < -0.39 is 0 Å². The van der Waals surface area contributed by atoms with Crippen LogP contribution in [0.5, 0.6) is 0 Å². The minimum absolute atomic E-state index is 0.0740. The number of aliphatic hydroxyl groups excluding tert-OH is 1. The van der Waals surface area contributed by atoms with E-state index in [0.717, 1.165) is 43.9 Å². The zero-order valence-electron chi connectivity index (χ0n) is 16.4. The van der Waals surface area contributed by atoms with Gasteiger partial charge in [-0.15, -0.1) is 0 Å². The van der Waals surface area contributed by atoms with Crippen LogP contribution in [0.4, 0.5) is 10.5 Å². The molecule has 2 aliphatic rings. The zero-order chi connectivity index (χ0) is 19.7. The Labute approximate surface area is 164 Å². The second-order valence-electron chi connectivity index (χ2n) is 8.41. The summed E-state index contributed by atoms with van der Waals surface area (Å²) < 4.78 is 0. The third-order valence-corrected chi connectivity index (χ3v) is 6.49. The SMILES string of the molecule is CC1CCC(O)C(C2CCCCN2C(=O)Nc2cccc3c(=O)[nH]ccc23)C1. The first kappa shape index (κ1) is 19.0. The summed E-state index contributed by atoms with van der Waals surface area (Å²) in [7, 11) is 0. The van der Waals surface area contributed by atoms with Crippen molar-refractivity contribution in [3.63, 3.8) is 0 Å². The van der Waals surface area contributed by atoms with Crippen molar-refractivity contribution in [3.8, 4) is 0 Å². The van der Waals surface area contributed by atoms with Crippen molar-refractivity contribution in [1.82, 2.24) is 9.88 Å². The van der Waals surface area contributed by atoms with Crippen LogP contribution in [0, 0.1) is 11.8 Å². The van der Waals surface area contributed by atoms with Gasteiger partial charge in [-0.05, 0) is 62.6 Å². The fourth-order valence-corrected chi connectivity index (χ4v) is 4.99. The average molecular weight is 383 g/mol. The van der Waals surface area contributed by atoms with E-state index in [9.17, 15) is 14.7 Å². The molecule has 28 heavy (non-hydrogen) atoms. The fraction of sp³-hybridized carbons (Fsp3) is 0.545. The van der Waals surface area contributed by atoms with Crippen molar-refractivity contribution in [3.05, 3.63) is 40.8 Å². The van der Waals surface area contributed by atoms with Crippen LogP contribution in [-0.4, -0.2) is 39.7 Å². The molecule has 0 radical (unpaired) electrons. The van der Waals surface area contributed by atoms with Gasteiger partial charge in [0, 0.05) is 35.5 Å². The van der Waals surface area contributed by atoms with E-state index in [-0.39, 0.29) is 29.7 Å². The van der Waals surface area contributed by atoms with Crippen molar-refractivity contribution in [1.29, 1.82) is 0 Å². The minimum atomic E-state index is -0.328. The number of hydrogen-bond acceptors (Lipinski definition) is 3. The molecule has 1 aromatic carbocycles. The molecular formula is C22H29N3O3. The number of anilines is 1. The van der Waals surface area contributed by atoms with Gasteiger partial charge in [-0.3, -0.25) is 4.79 Å². The molecule has 4 unspecified atom stereocenters. The lowest BCUT2D eigenvalue weighted by Gasteiger charge is -2.44. The molecular weight excluding hydrogens is 354 g/mol. The maximum Gasteiger partial charge on any atom is 0.322 e. The molecule has 6 nitrogen and oxygen atoms in total. The Morgan fingerprint density at radius 1 is 1.18 bits per heavy atom. The molecule has 2 fully saturated rings. The fourth-order valence-electron chi connectivity index (χ4n) is 4.99. The number of nitrogens with zero attached hydrogens (tertiary/aromatic N) is 1. The lowest BCUT2D eigenvalue weighted by Crippen LogP contribution is -2.53. The maximum atomic E-state index is 13.2. The number of rotatable bonds is 2. The zero-order valence-corrected chi connectivity index (χ0v) is 16.4. The van der Waals surface area contributed by atoms with Crippen LogP contribution in [0.25, 0.3) is 10.8 Å². The van der Waals surface area contributed by atoms with Gasteiger partial charge < -0.3 is 20.3 Å². The summed E-state index contributed by atoms with van der Waals surface area (Å²) in [6.07, 6.45) is 7.14. The summed E-state index contributed by atoms with van der Waals surface area (Å²) in [5.41, 5.74) is 0.485. The third-order valence-electron chi connectivity index (χ3n) is 6.49. The van der Waals surface area contributed by atoms with Crippen LogP contribution in [-0.2, 0) is 0 Å². The number of urea groups is 1. The number of aromatic amines is 1. The molecule has 0 bridgehead atoms. The lowest BCUT2D eigenvalue weighted by molar-refractivity contribution is -0.00306. The summed E-state index contributed by atoms with van der Waals surface area (Å²) in [4.78, 5) is 29.8. The number of benzene rings is 1. The summed E-state index contributed by atoms with van der Waals surface area (Å²) >= 11 is 0. The van der Waals surface area contributed by atoms with Gasteiger partial charge in [0.1, 0.15) is 0 Å². The highest BCUT2D eigenvalue weighted by molar-refractivity contribution is 6.01. The third kappa shape index (κ3) is 3.65. The van der Waals surface area contributed by atoms with Crippen LogP contribution >= 0.6 is 0 Å². The van der Waals surface area contributed by atoms with Crippen molar-refractivity contribution < 1.29 is 9.90 Å². The number of aliphatic hydroxyl groups is 1. The van der Waals surface area contributed by atoms with Gasteiger partial charge >= 0.3 is 6.03 Å². The molecule has 1 aliphatic carbocycles. The Kier molecular flexibility index (Phi) is 5.40. The van der Waals surface area contributed by atoms with E-state index in [0.29, 0.717) is 23.5 Å². The molecule has 6 heteroatoms. The van der Waals surface area contributed by atoms with E-state index in [1.807, 2.05) is 17.0 Å². The Morgan fingerprint density at radius 2 is 2.04 bits per heavy atom. The largest absolute Gasteiger partial charge is 0.393 e. The molecule has 3 N–H and O–H groups in total. The standard InChI is InChI=1S/C22H29N3O3/c1-14-8-9-20(26)17(13-14)19-7-2-3-12-25(19)22(28)24-18-6-4-5-16-15(18)10-11-23-21(16)27/h4-6,10-11,14,17,19-20,26H,2-3,7-9,12-13H2,1H3,(H,23,27)(H,24,28). The first-order chi connectivity index (χ1) is 13.5. The molecule has 0 spiro atoms. The number of likely N-dealkylation sites (tertiary alicyclic amines) is 1. The van der Waals surface area contributed by atoms with Gasteiger partial charge in [-0.1, -0.05) is 13.0 Å². The normalized spacial score (nSPS) is 28.3. The molecule has 2 aromatic rings. The van der Waals surface area contributed by atoms with Crippen molar-refractivity contribution in [2.24, 2.45) is 11.8 Å². The molecule has 1 saturated heterocycles. The number of nitrogens with one attached hydrogen (secondary N) is 2. The average Bonchev–Trinajstić information content (AvgIpc) is 2.70. The summed E-state index contributed by atoms with van der Waals surface area (Å²) in [5.74, 6) is 0.732. The molecule has 150 valence electrons. The molecule has 4 rings (SSSR count). The van der Waals surface area contributed by atoms with Gasteiger partial charge in [0.05, 0.1) is 11.8 Å². The van der Waals surface area contributed by atoms with Gasteiger partial charge in [0.15, 0.2) is 0 Å². The van der Waals surface area contributed by atoms with E-state index in [2.05, 4.69) is 17.2 Å². The monoisotopic (exact) mass is 383 g/mol. The van der Waals surface area contributed by atoms with Crippen LogP contribution in [0.1, 0.15) is 45.4 Å². The summed E-state index contributed by atoms with van der Waals surface area (Å²) in [6, 6.07) is 7.12. The van der Waals surface area contributed by atoms with Crippen LogP contribution in [0.15, 0.2) is 35.3 Å². The van der Waals surface area contributed by atoms with Crippen molar-refractivity contribution >= 4 is 22.5 Å². The topological polar surface area (TPSA) is 85.4 Å². The Bertz CT molecular complexity index is 909. The lowest BCUT2D eigenvalue weighted by atomic mass is 9.74. The first-order valence-electron chi connectivity index (χ1n) is 10.4. The van der Waals surface area contributed by atoms with E-state index in [1.165, 1.54) is 0 Å². The Hall–Kier alpha value is -2.34. The summed E-state index contributed by atoms with van der Waals surface area (Å²) in [5, 5.41) is 14.9. The predicted molar refractivity (Wildman–Crippen MR) is 110 cm³/mol. The number of aromatic nitrogens is 1. The second-order valence-corrected chi connectivity index (χ2v) is 8.41. The number of carbonyl (C=O) groups excluding carboxylic acids is 1. The summed E-state index contributed by atoms with van der Waals surface area (Å²) in [6.45, 7) is 2.94. The second kappa shape index (κ2) is 7.95. The van der Waals surface area contributed by atoms with Crippen molar-refractivity contribution in [2.75, 3.05) is 11.9 Å². The molecule has 4 atom stereocenters. The number of hydrogen-bond donors (Lipinski definition) is 3. The number of H-pyrrole nitrogens is 1. The molecule has 2 heterocycles. The Balaban J connectivity index is 1.58. The van der Waals surface area contributed by atoms with Gasteiger partial charge in [0.2, 0.25) is 0 Å². The van der Waals surface area contributed by atoms with Gasteiger partial charge in [-0.25, -0.2) is 4.79 Å². The minimum Gasteiger partial charge on any atom is -0.393 e. The number of pyridine rings is 1. The number of piperidine rings is 1. The highest BCUT2D eigenvalue weighted by Crippen LogP contribution is 2.37. The molecule has 1 saturated carbocycles. The predicted octanol–water partition coefficient (Wildman–Crippen LogP) is 3.71. The highest BCUT2D eigenvalue weighted by atomic mass is 16.3. The quantitative estimate of drug-likeness (QED) is 0.739. The number of fused-ring (bicyclic) bond motifs is 1. The number of amides is 2. The van der Waals surface area contributed by atoms with Crippen LogP contribution < -0.4 is 10.9 Å². The number of carbonyl (C=O) groups is 1. The van der Waals surface area contributed by atoms with Crippen LogP contribution in [0.3, 0.4) is 0 Å². The molecule has 2 amide bonds. The molecule has 1 aliphatic heterocycles. The van der Waals surface area contributed by atoms with E-state index in [4.69, 9.17) is 0 Å². The van der Waals surface area contributed by atoms with Gasteiger partial charge in [-0.2, -0.15) is 0 Å². The van der Waals surface area contributed by atoms with E-state index in [1.54, 1.807) is 18.3 Å². The molecule has 1 aromatic heterocycles. The maximum absolute atomic E-state index is 13.2. The van der Waals surface area contributed by atoms with Gasteiger partial charge in [0.25, 0.3) is 5.56 Å². The van der Waals surface area contributed by atoms with Crippen molar-refractivity contribution in [2.45, 2.75) is 57.6 Å². The highest BCUT2D eigenvalue weighted by Gasteiger charge is 2.39. The Morgan fingerprint density at radius 3 is 2.89 bits per heavy atom. The first-order valence-corrected chi connectivity index (χ1v) is 10.4. The smallest absolute Gasteiger partial charge is 0.322 e. The van der Waals surface area contributed by atoms with E-state index >= 15 is 0 Å². The van der Waals surface area contributed by atoms with Crippen LogP contribution in [0.2, 0.25) is 0 Å².